The van der Waals surface area contributed by atoms with E-state index in [1.165, 1.54) is 29.0 Å². The third kappa shape index (κ3) is 3.27. The summed E-state index contributed by atoms with van der Waals surface area (Å²) in [5, 5.41) is 22.9. The van der Waals surface area contributed by atoms with Crippen molar-refractivity contribution in [2.24, 2.45) is 0 Å². The molecule has 3 heterocycles. The van der Waals surface area contributed by atoms with Crippen LogP contribution < -0.4 is 4.74 Å². The minimum absolute atomic E-state index is 0.132. The highest BCUT2D eigenvalue weighted by molar-refractivity contribution is 5.85. The topological polar surface area (TPSA) is 93.9 Å². The van der Waals surface area contributed by atoms with Crippen molar-refractivity contribution in [3.63, 3.8) is 0 Å². The number of hydrogen-bond acceptors (Lipinski definition) is 6. The average Bonchev–Trinajstić information content (AvgIpc) is 3.43. The fraction of sp³-hybridized carbons (Fsp3) is 0.0952. The van der Waals surface area contributed by atoms with E-state index in [-0.39, 0.29) is 22.8 Å². The quantitative estimate of drug-likeness (QED) is 0.463. The normalized spacial score (nSPS) is 12.2. The Hall–Kier alpha value is -4.21. The first-order chi connectivity index (χ1) is 15.1. The maximum atomic E-state index is 14.7. The lowest BCUT2D eigenvalue weighted by molar-refractivity contribution is 0.212. The molecule has 0 radical (unpaired) electrons. The van der Waals surface area contributed by atoms with Gasteiger partial charge >= 0.3 is 0 Å². The molecule has 0 saturated carbocycles. The number of H-pyrrole nitrogens is 1. The Labute approximate surface area is 174 Å². The van der Waals surface area contributed by atoms with Gasteiger partial charge in [0.05, 0.1) is 23.5 Å². The number of nitrogens with one attached hydrogen (secondary N) is 1. The molecule has 0 aliphatic heterocycles. The van der Waals surface area contributed by atoms with Gasteiger partial charge in [0.15, 0.2) is 5.82 Å². The predicted molar refractivity (Wildman–Crippen MR) is 107 cm³/mol. The van der Waals surface area contributed by atoms with Crippen LogP contribution in [0.3, 0.4) is 0 Å². The standard InChI is InChI=1S/C21H15F2N7O/c1-12(17-10-25-29-26-17)31-21-19(13-6-2-4-8-15(13)22)18-11-24-27-20(30(18)28-21)14-7-3-5-9-16(14)23/h2-12H,1H3,(H,25,26,29). The second kappa shape index (κ2) is 7.56. The summed E-state index contributed by atoms with van der Waals surface area (Å²) in [7, 11) is 0. The van der Waals surface area contributed by atoms with Gasteiger partial charge in [-0.1, -0.05) is 30.3 Å². The summed E-state index contributed by atoms with van der Waals surface area (Å²) < 4.78 is 36.7. The Morgan fingerprint density at radius 3 is 2.35 bits per heavy atom. The zero-order valence-electron chi connectivity index (χ0n) is 16.2. The van der Waals surface area contributed by atoms with E-state index in [2.05, 4.69) is 30.7 Å². The van der Waals surface area contributed by atoms with Crippen LogP contribution in [-0.2, 0) is 0 Å². The molecule has 10 heteroatoms. The molecule has 0 fully saturated rings. The molecular weight excluding hydrogens is 404 g/mol. The highest BCUT2D eigenvalue weighted by Gasteiger charge is 2.24. The molecular formula is C21H15F2N7O. The molecule has 31 heavy (non-hydrogen) atoms. The van der Waals surface area contributed by atoms with Gasteiger partial charge in [-0.3, -0.25) is 0 Å². The van der Waals surface area contributed by atoms with E-state index in [1.807, 2.05) is 0 Å². The van der Waals surface area contributed by atoms with E-state index >= 15 is 0 Å². The first-order valence-electron chi connectivity index (χ1n) is 9.40. The average molecular weight is 419 g/mol. The summed E-state index contributed by atoms with van der Waals surface area (Å²) >= 11 is 0. The maximum absolute atomic E-state index is 14.7. The van der Waals surface area contributed by atoms with Crippen molar-refractivity contribution in [1.82, 2.24) is 35.2 Å². The number of aromatic nitrogens is 7. The number of aromatic amines is 1. The van der Waals surface area contributed by atoms with Crippen molar-refractivity contribution in [2.45, 2.75) is 13.0 Å². The monoisotopic (exact) mass is 419 g/mol. The molecule has 0 saturated heterocycles. The molecule has 5 aromatic rings. The lowest BCUT2D eigenvalue weighted by atomic mass is 10.1. The van der Waals surface area contributed by atoms with Crippen LogP contribution >= 0.6 is 0 Å². The minimum atomic E-state index is -0.535. The predicted octanol–water partition coefficient (Wildman–Crippen LogP) is 3.99. The second-order valence-electron chi connectivity index (χ2n) is 6.76. The zero-order chi connectivity index (χ0) is 21.4. The number of benzene rings is 2. The van der Waals surface area contributed by atoms with Crippen LogP contribution in [0.25, 0.3) is 28.0 Å². The summed E-state index contributed by atoms with van der Waals surface area (Å²) in [5.74, 6) is -0.642. The Bertz CT molecular complexity index is 1370. The minimum Gasteiger partial charge on any atom is -0.466 e. The molecule has 5 rings (SSSR count). The van der Waals surface area contributed by atoms with Crippen LogP contribution in [0.2, 0.25) is 0 Å². The molecule has 0 aliphatic rings. The van der Waals surface area contributed by atoms with Gasteiger partial charge in [0.25, 0.3) is 0 Å². The fourth-order valence-electron chi connectivity index (χ4n) is 3.32. The molecule has 1 N–H and O–H groups in total. The number of nitrogens with zero attached hydrogens (tertiary/aromatic N) is 6. The smallest absolute Gasteiger partial charge is 0.242 e. The van der Waals surface area contributed by atoms with E-state index in [0.717, 1.165) is 0 Å². The summed E-state index contributed by atoms with van der Waals surface area (Å²) in [6, 6.07) is 12.4. The molecule has 0 spiro atoms. The Morgan fingerprint density at radius 1 is 0.968 bits per heavy atom. The van der Waals surface area contributed by atoms with Gasteiger partial charge in [-0.2, -0.15) is 20.5 Å². The van der Waals surface area contributed by atoms with Crippen molar-refractivity contribution < 1.29 is 13.5 Å². The SMILES string of the molecule is CC(Oc1nn2c(-c3ccccc3F)nncc2c1-c1ccccc1F)c1cn[nH]n1. The van der Waals surface area contributed by atoms with Gasteiger partial charge in [-0.05, 0) is 25.1 Å². The third-order valence-electron chi connectivity index (χ3n) is 4.82. The summed E-state index contributed by atoms with van der Waals surface area (Å²) in [6.07, 6.45) is 2.43. The molecule has 0 aliphatic carbocycles. The molecule has 1 unspecified atom stereocenters. The van der Waals surface area contributed by atoms with Gasteiger partial charge in [0.1, 0.15) is 28.9 Å². The van der Waals surface area contributed by atoms with Crippen molar-refractivity contribution in [3.05, 3.63) is 78.3 Å². The van der Waals surface area contributed by atoms with Crippen LogP contribution in [0.15, 0.2) is 60.9 Å². The molecule has 0 bridgehead atoms. The molecule has 154 valence electrons. The Morgan fingerprint density at radius 2 is 1.68 bits per heavy atom. The largest absolute Gasteiger partial charge is 0.466 e. The van der Waals surface area contributed by atoms with Crippen LogP contribution in [0.4, 0.5) is 8.78 Å². The van der Waals surface area contributed by atoms with Crippen molar-refractivity contribution in [3.8, 4) is 28.4 Å². The van der Waals surface area contributed by atoms with Gasteiger partial charge in [-0.15, -0.1) is 10.2 Å². The van der Waals surface area contributed by atoms with E-state index in [0.29, 0.717) is 16.8 Å². The fourth-order valence-corrected chi connectivity index (χ4v) is 3.32. The maximum Gasteiger partial charge on any atom is 0.242 e. The van der Waals surface area contributed by atoms with Crippen molar-refractivity contribution in [2.75, 3.05) is 0 Å². The van der Waals surface area contributed by atoms with Crippen LogP contribution in [0.1, 0.15) is 18.7 Å². The third-order valence-corrected chi connectivity index (χ3v) is 4.82. The van der Waals surface area contributed by atoms with Crippen LogP contribution in [-0.4, -0.2) is 35.2 Å². The first kappa shape index (κ1) is 18.8. The number of fused-ring (bicyclic) bond motifs is 1. The molecule has 3 aromatic heterocycles. The lowest BCUT2D eigenvalue weighted by Gasteiger charge is -2.11. The van der Waals surface area contributed by atoms with Crippen LogP contribution in [0.5, 0.6) is 5.88 Å². The van der Waals surface area contributed by atoms with E-state index in [1.54, 1.807) is 43.3 Å². The van der Waals surface area contributed by atoms with Crippen molar-refractivity contribution >= 4 is 5.52 Å². The Kier molecular flexibility index (Phi) is 4.58. The summed E-state index contributed by atoms with van der Waals surface area (Å²) in [6.45, 7) is 1.77. The summed E-state index contributed by atoms with van der Waals surface area (Å²) in [5.41, 5.74) is 1.82. The highest BCUT2D eigenvalue weighted by atomic mass is 19.1. The van der Waals surface area contributed by atoms with Gasteiger partial charge in [0, 0.05) is 5.56 Å². The number of ether oxygens (including phenoxy) is 1. The molecule has 2 aromatic carbocycles. The number of halogens is 2. The second-order valence-corrected chi connectivity index (χ2v) is 6.76. The lowest BCUT2D eigenvalue weighted by Crippen LogP contribution is -2.05. The van der Waals surface area contributed by atoms with Crippen molar-refractivity contribution in [1.29, 1.82) is 0 Å². The van der Waals surface area contributed by atoms with Gasteiger partial charge in [0.2, 0.25) is 5.88 Å². The zero-order valence-corrected chi connectivity index (χ0v) is 16.2. The van der Waals surface area contributed by atoms with E-state index < -0.39 is 17.7 Å². The molecule has 1 atom stereocenters. The molecule has 0 amide bonds. The summed E-state index contributed by atoms with van der Waals surface area (Å²) in [4.78, 5) is 0. The number of hydrogen-bond donors (Lipinski definition) is 1. The Balaban J connectivity index is 1.75. The van der Waals surface area contributed by atoms with E-state index in [4.69, 9.17) is 4.74 Å². The molecule has 8 nitrogen and oxygen atoms in total. The van der Waals surface area contributed by atoms with Crippen LogP contribution in [0, 0.1) is 11.6 Å². The van der Waals surface area contributed by atoms with Gasteiger partial charge in [-0.25, -0.2) is 13.3 Å². The van der Waals surface area contributed by atoms with Gasteiger partial charge < -0.3 is 4.74 Å². The highest BCUT2D eigenvalue weighted by Crippen LogP contribution is 2.38. The first-order valence-corrected chi connectivity index (χ1v) is 9.40. The number of rotatable bonds is 5. The van der Waals surface area contributed by atoms with E-state index in [9.17, 15) is 8.78 Å².